The number of aliphatic hydroxyl groups is 1. The molecule has 0 fully saturated rings. The predicted octanol–water partition coefficient (Wildman–Crippen LogP) is 2.38. The van der Waals surface area contributed by atoms with Gasteiger partial charge in [0.2, 0.25) is 0 Å². The highest BCUT2D eigenvalue weighted by Gasteiger charge is 2.47. The lowest BCUT2D eigenvalue weighted by Crippen LogP contribution is -2.36. The second-order valence-electron chi connectivity index (χ2n) is 5.11. The van der Waals surface area contributed by atoms with Crippen molar-refractivity contribution in [1.29, 1.82) is 0 Å². The summed E-state index contributed by atoms with van der Waals surface area (Å²) < 4.78 is 26.2. The fraction of sp³-hybridized carbons (Fsp3) is 0.125. The number of hydrogen-bond donors (Lipinski definition) is 2. The van der Waals surface area contributed by atoms with Crippen molar-refractivity contribution in [2.75, 3.05) is 5.32 Å². The minimum absolute atomic E-state index is 0.0213. The molecule has 1 aliphatic heterocycles. The largest absolute Gasteiger partial charge is 0.375 e. The second-order valence-corrected chi connectivity index (χ2v) is 5.11. The standard InChI is InChI=1S/C16H11F2NO3/c17-10-3-1-9(2-4-10)14(20)8-16(22)12-7-11(18)5-6-13(12)19-15(16)21/h1-7,22H,8H2,(H,19,21)/t16-/m0/s1. The van der Waals surface area contributed by atoms with E-state index in [1.54, 1.807) is 0 Å². The zero-order chi connectivity index (χ0) is 15.9. The normalized spacial score (nSPS) is 19.7. The van der Waals surface area contributed by atoms with Gasteiger partial charge in [-0.05, 0) is 42.5 Å². The fourth-order valence-electron chi connectivity index (χ4n) is 2.46. The van der Waals surface area contributed by atoms with E-state index in [0.717, 1.165) is 24.3 Å². The van der Waals surface area contributed by atoms with Crippen LogP contribution < -0.4 is 5.32 Å². The number of benzene rings is 2. The van der Waals surface area contributed by atoms with E-state index in [4.69, 9.17) is 0 Å². The topological polar surface area (TPSA) is 66.4 Å². The SMILES string of the molecule is O=C(C[C@@]1(O)C(=O)Nc2ccc(F)cc21)c1ccc(F)cc1. The summed E-state index contributed by atoms with van der Waals surface area (Å²) in [5, 5.41) is 13.0. The minimum atomic E-state index is -2.14. The summed E-state index contributed by atoms with van der Waals surface area (Å²) in [6.07, 6.45) is -0.555. The quantitative estimate of drug-likeness (QED) is 0.856. The van der Waals surface area contributed by atoms with E-state index in [-0.39, 0.29) is 16.8 Å². The van der Waals surface area contributed by atoms with Crippen LogP contribution in [0.25, 0.3) is 0 Å². The van der Waals surface area contributed by atoms with Crippen molar-refractivity contribution in [2.24, 2.45) is 0 Å². The van der Waals surface area contributed by atoms with Crippen LogP contribution in [0, 0.1) is 11.6 Å². The number of ketones is 1. The van der Waals surface area contributed by atoms with E-state index in [0.29, 0.717) is 0 Å². The highest BCUT2D eigenvalue weighted by Crippen LogP contribution is 2.39. The molecule has 1 aliphatic rings. The molecule has 0 aromatic heterocycles. The molecule has 112 valence electrons. The number of nitrogens with one attached hydrogen (secondary N) is 1. The summed E-state index contributed by atoms with van der Waals surface area (Å²) in [5.74, 6) is -2.46. The smallest absolute Gasteiger partial charge is 0.261 e. The van der Waals surface area contributed by atoms with Crippen LogP contribution in [0.4, 0.5) is 14.5 Å². The van der Waals surface area contributed by atoms with Crippen molar-refractivity contribution in [3.63, 3.8) is 0 Å². The molecule has 2 N–H and O–H groups in total. The molecule has 0 unspecified atom stereocenters. The Labute approximate surface area is 124 Å². The number of anilines is 1. The predicted molar refractivity (Wildman–Crippen MR) is 74.3 cm³/mol. The maximum absolute atomic E-state index is 13.4. The average Bonchev–Trinajstić information content (AvgIpc) is 2.71. The number of halogens is 2. The molecular weight excluding hydrogens is 292 g/mol. The summed E-state index contributed by atoms with van der Waals surface area (Å²) in [5.41, 5.74) is -1.69. The highest BCUT2D eigenvalue weighted by molar-refractivity contribution is 6.09. The molecule has 2 aromatic rings. The van der Waals surface area contributed by atoms with Crippen LogP contribution in [-0.4, -0.2) is 16.8 Å². The third-order valence-electron chi connectivity index (χ3n) is 3.63. The molecule has 1 atom stereocenters. The Kier molecular flexibility index (Phi) is 3.26. The lowest BCUT2D eigenvalue weighted by atomic mass is 9.88. The zero-order valence-corrected chi connectivity index (χ0v) is 11.3. The summed E-state index contributed by atoms with van der Waals surface area (Å²) >= 11 is 0. The van der Waals surface area contributed by atoms with Crippen molar-refractivity contribution in [3.05, 3.63) is 65.2 Å². The Hall–Kier alpha value is -2.60. The van der Waals surface area contributed by atoms with Crippen molar-refractivity contribution in [1.82, 2.24) is 0 Å². The third-order valence-corrected chi connectivity index (χ3v) is 3.63. The van der Waals surface area contributed by atoms with Crippen LogP contribution in [0.3, 0.4) is 0 Å². The first-order chi connectivity index (χ1) is 10.4. The minimum Gasteiger partial charge on any atom is -0.375 e. The van der Waals surface area contributed by atoms with Gasteiger partial charge in [0.1, 0.15) is 11.6 Å². The Morgan fingerprint density at radius 2 is 1.73 bits per heavy atom. The van der Waals surface area contributed by atoms with Crippen LogP contribution in [-0.2, 0) is 10.4 Å². The Morgan fingerprint density at radius 3 is 2.41 bits per heavy atom. The van der Waals surface area contributed by atoms with Crippen molar-refractivity contribution in [2.45, 2.75) is 12.0 Å². The van der Waals surface area contributed by atoms with Crippen LogP contribution in [0.2, 0.25) is 0 Å². The van der Waals surface area contributed by atoms with Gasteiger partial charge in [0.05, 0.1) is 6.42 Å². The molecular formula is C16H11F2NO3. The Morgan fingerprint density at radius 1 is 1.09 bits per heavy atom. The molecule has 1 amide bonds. The first kappa shape index (κ1) is 14.3. The Bertz CT molecular complexity index is 773. The number of Topliss-reactive ketones (excluding diaryl/α,β-unsaturated/α-hetero) is 1. The number of fused-ring (bicyclic) bond motifs is 1. The van der Waals surface area contributed by atoms with E-state index in [2.05, 4.69) is 5.32 Å². The van der Waals surface area contributed by atoms with Crippen molar-refractivity contribution < 1.29 is 23.5 Å². The summed E-state index contributed by atoms with van der Waals surface area (Å²) in [6.45, 7) is 0. The third kappa shape index (κ3) is 2.27. The molecule has 3 rings (SSSR count). The lowest BCUT2D eigenvalue weighted by Gasteiger charge is -2.20. The molecule has 0 spiro atoms. The van der Waals surface area contributed by atoms with Crippen LogP contribution in [0.1, 0.15) is 22.3 Å². The fourth-order valence-corrected chi connectivity index (χ4v) is 2.46. The average molecular weight is 303 g/mol. The van der Waals surface area contributed by atoms with E-state index >= 15 is 0 Å². The highest BCUT2D eigenvalue weighted by atomic mass is 19.1. The van der Waals surface area contributed by atoms with E-state index in [1.807, 2.05) is 0 Å². The molecule has 0 bridgehead atoms. The number of carbonyl (C=O) groups excluding carboxylic acids is 2. The second kappa shape index (κ2) is 4.99. The number of rotatable bonds is 3. The van der Waals surface area contributed by atoms with Gasteiger partial charge < -0.3 is 10.4 Å². The molecule has 0 radical (unpaired) electrons. The molecule has 6 heteroatoms. The van der Waals surface area contributed by atoms with Crippen LogP contribution in [0.5, 0.6) is 0 Å². The zero-order valence-electron chi connectivity index (χ0n) is 11.3. The van der Waals surface area contributed by atoms with Crippen molar-refractivity contribution in [3.8, 4) is 0 Å². The molecule has 1 heterocycles. The summed E-state index contributed by atoms with van der Waals surface area (Å²) in [7, 11) is 0. The van der Waals surface area contributed by atoms with Gasteiger partial charge in [0, 0.05) is 16.8 Å². The van der Waals surface area contributed by atoms with E-state index in [1.165, 1.54) is 18.2 Å². The summed E-state index contributed by atoms with van der Waals surface area (Å²) in [6, 6.07) is 8.24. The van der Waals surface area contributed by atoms with Gasteiger partial charge in [-0.2, -0.15) is 0 Å². The molecule has 4 nitrogen and oxygen atoms in total. The maximum Gasteiger partial charge on any atom is 0.261 e. The van der Waals surface area contributed by atoms with Gasteiger partial charge in [-0.15, -0.1) is 0 Å². The van der Waals surface area contributed by atoms with Crippen LogP contribution >= 0.6 is 0 Å². The molecule has 2 aromatic carbocycles. The summed E-state index contributed by atoms with van der Waals surface area (Å²) in [4.78, 5) is 24.2. The van der Waals surface area contributed by atoms with Gasteiger partial charge in [-0.25, -0.2) is 8.78 Å². The number of carbonyl (C=O) groups is 2. The molecule has 0 aliphatic carbocycles. The van der Waals surface area contributed by atoms with Crippen molar-refractivity contribution >= 4 is 17.4 Å². The maximum atomic E-state index is 13.4. The number of amides is 1. The molecule has 22 heavy (non-hydrogen) atoms. The first-order valence-corrected chi connectivity index (χ1v) is 6.53. The van der Waals surface area contributed by atoms with Crippen LogP contribution in [0.15, 0.2) is 42.5 Å². The molecule has 0 saturated carbocycles. The number of hydrogen-bond acceptors (Lipinski definition) is 3. The lowest BCUT2D eigenvalue weighted by molar-refractivity contribution is -0.133. The Balaban J connectivity index is 1.94. The van der Waals surface area contributed by atoms with E-state index < -0.39 is 35.3 Å². The van der Waals surface area contributed by atoms with Gasteiger partial charge in [0.25, 0.3) is 5.91 Å². The van der Waals surface area contributed by atoms with Gasteiger partial charge in [0.15, 0.2) is 11.4 Å². The monoisotopic (exact) mass is 303 g/mol. The van der Waals surface area contributed by atoms with Gasteiger partial charge >= 0.3 is 0 Å². The van der Waals surface area contributed by atoms with Gasteiger partial charge in [-0.3, -0.25) is 9.59 Å². The first-order valence-electron chi connectivity index (χ1n) is 6.53. The van der Waals surface area contributed by atoms with Gasteiger partial charge in [-0.1, -0.05) is 0 Å². The molecule has 0 saturated heterocycles. The van der Waals surface area contributed by atoms with E-state index in [9.17, 15) is 23.5 Å².